The molecule has 0 N–H and O–H groups in total. The van der Waals surface area contributed by atoms with Crippen molar-refractivity contribution < 1.29 is 4.79 Å². The molecule has 2 aromatic heterocycles. The molecular formula is C21H21Cl2N5O. The quantitative estimate of drug-likeness (QED) is 0.568. The second kappa shape index (κ2) is 8.51. The Morgan fingerprint density at radius 2 is 1.86 bits per heavy atom. The van der Waals surface area contributed by atoms with Crippen molar-refractivity contribution in [2.45, 2.75) is 38.8 Å². The van der Waals surface area contributed by atoms with E-state index in [1.165, 1.54) is 0 Å². The second-order valence-electron chi connectivity index (χ2n) is 7.23. The number of likely N-dealkylation sites (tertiary alicyclic amines) is 1. The van der Waals surface area contributed by atoms with E-state index >= 15 is 0 Å². The molecule has 0 bridgehead atoms. The van der Waals surface area contributed by atoms with Crippen molar-refractivity contribution in [2.24, 2.45) is 0 Å². The van der Waals surface area contributed by atoms with Crippen molar-refractivity contribution in [1.29, 1.82) is 0 Å². The van der Waals surface area contributed by atoms with Crippen molar-refractivity contribution in [3.63, 3.8) is 0 Å². The number of carbonyl (C=O) groups is 1. The normalized spacial score (nSPS) is 16.4. The number of amides is 1. The van der Waals surface area contributed by atoms with Crippen LogP contribution in [0.1, 0.15) is 41.7 Å². The number of rotatable bonds is 5. The number of hydrogen-bond acceptors (Lipinski definition) is 4. The molecule has 1 atom stereocenters. The van der Waals surface area contributed by atoms with Gasteiger partial charge in [0.2, 0.25) is 5.91 Å². The Morgan fingerprint density at radius 1 is 1.10 bits per heavy atom. The summed E-state index contributed by atoms with van der Waals surface area (Å²) in [5.74, 6) is 1.73. The molecule has 1 saturated heterocycles. The topological polar surface area (TPSA) is 63.9 Å². The Balaban J connectivity index is 1.55. The summed E-state index contributed by atoms with van der Waals surface area (Å²) >= 11 is 11.8. The minimum absolute atomic E-state index is 0.0651. The first-order chi connectivity index (χ1) is 14.0. The van der Waals surface area contributed by atoms with Gasteiger partial charge in [-0.3, -0.25) is 4.79 Å². The molecule has 1 aromatic carbocycles. The van der Waals surface area contributed by atoms with Crippen LogP contribution in [0.4, 0.5) is 0 Å². The number of benzene rings is 1. The number of pyridine rings is 1. The lowest BCUT2D eigenvalue weighted by Gasteiger charge is -2.25. The Kier molecular flexibility index (Phi) is 5.83. The fourth-order valence-electron chi connectivity index (χ4n) is 3.73. The lowest BCUT2D eigenvalue weighted by Crippen LogP contribution is -2.33. The van der Waals surface area contributed by atoms with Crippen LogP contribution in [-0.4, -0.2) is 37.1 Å². The smallest absolute Gasteiger partial charge is 0.227 e. The van der Waals surface area contributed by atoms with Crippen LogP contribution in [0, 0.1) is 6.92 Å². The van der Waals surface area contributed by atoms with Gasteiger partial charge in [0.05, 0.1) is 19.0 Å². The Morgan fingerprint density at radius 3 is 2.59 bits per heavy atom. The van der Waals surface area contributed by atoms with Crippen LogP contribution in [0.15, 0.2) is 42.6 Å². The molecule has 1 aliphatic heterocycles. The van der Waals surface area contributed by atoms with Crippen molar-refractivity contribution in [2.75, 3.05) is 6.54 Å². The minimum Gasteiger partial charge on any atom is -0.332 e. The third-order valence-electron chi connectivity index (χ3n) is 5.23. The van der Waals surface area contributed by atoms with Gasteiger partial charge >= 0.3 is 0 Å². The van der Waals surface area contributed by atoms with Crippen LogP contribution in [-0.2, 0) is 17.8 Å². The van der Waals surface area contributed by atoms with Gasteiger partial charge in [0.1, 0.15) is 11.0 Å². The zero-order valence-electron chi connectivity index (χ0n) is 16.1. The molecule has 4 rings (SSSR count). The summed E-state index contributed by atoms with van der Waals surface area (Å²) in [6.45, 7) is 3.30. The fraction of sp³-hybridized carbons (Fsp3) is 0.333. The molecule has 1 aliphatic rings. The number of aromatic nitrogens is 4. The number of halogens is 2. The third kappa shape index (κ3) is 4.43. The summed E-state index contributed by atoms with van der Waals surface area (Å²) < 4.78 is 2.09. The third-order valence-corrected chi connectivity index (χ3v) is 5.71. The molecule has 29 heavy (non-hydrogen) atoms. The zero-order chi connectivity index (χ0) is 20.4. The summed E-state index contributed by atoms with van der Waals surface area (Å²) in [5, 5.41) is 9.84. The van der Waals surface area contributed by atoms with Gasteiger partial charge < -0.3 is 9.47 Å². The highest BCUT2D eigenvalue weighted by Gasteiger charge is 2.33. The number of aryl methyl sites for hydroxylation is 1. The maximum Gasteiger partial charge on any atom is 0.227 e. The summed E-state index contributed by atoms with van der Waals surface area (Å²) in [5.41, 5.74) is 1.96. The van der Waals surface area contributed by atoms with Crippen LogP contribution >= 0.6 is 23.2 Å². The summed E-state index contributed by atoms with van der Waals surface area (Å²) in [4.78, 5) is 19.0. The molecule has 1 fully saturated rings. The maximum absolute atomic E-state index is 13.0. The van der Waals surface area contributed by atoms with E-state index in [0.29, 0.717) is 23.1 Å². The van der Waals surface area contributed by atoms with Crippen LogP contribution in [0.2, 0.25) is 10.2 Å². The molecule has 0 aliphatic carbocycles. The van der Waals surface area contributed by atoms with Crippen LogP contribution in [0.5, 0.6) is 0 Å². The summed E-state index contributed by atoms with van der Waals surface area (Å²) in [6.07, 6.45) is 3.77. The number of nitrogens with zero attached hydrogens (tertiary/aromatic N) is 5. The molecule has 0 spiro atoms. The maximum atomic E-state index is 13.0. The Bertz CT molecular complexity index is 1000. The van der Waals surface area contributed by atoms with E-state index in [1.54, 1.807) is 12.3 Å². The molecule has 150 valence electrons. The monoisotopic (exact) mass is 429 g/mol. The van der Waals surface area contributed by atoms with E-state index in [1.807, 2.05) is 42.2 Å². The van der Waals surface area contributed by atoms with E-state index in [9.17, 15) is 4.79 Å². The molecule has 0 unspecified atom stereocenters. The van der Waals surface area contributed by atoms with E-state index < -0.39 is 0 Å². The van der Waals surface area contributed by atoms with Gasteiger partial charge in [0, 0.05) is 17.8 Å². The average molecular weight is 430 g/mol. The molecule has 1 amide bonds. The highest BCUT2D eigenvalue weighted by atomic mass is 35.5. The van der Waals surface area contributed by atoms with Crippen molar-refractivity contribution in [1.82, 2.24) is 24.6 Å². The highest BCUT2D eigenvalue weighted by Crippen LogP contribution is 2.32. The van der Waals surface area contributed by atoms with Gasteiger partial charge in [-0.15, -0.1) is 10.2 Å². The SMILES string of the molecule is Cc1nnc([C@H]2CCCN2C(=O)Cc2ccc(Cl)nc2)n1Cc1ccc(Cl)cc1. The minimum atomic E-state index is -0.0729. The van der Waals surface area contributed by atoms with E-state index in [0.717, 1.165) is 42.2 Å². The van der Waals surface area contributed by atoms with Gasteiger partial charge in [-0.2, -0.15) is 0 Å². The largest absolute Gasteiger partial charge is 0.332 e. The molecule has 6 nitrogen and oxygen atoms in total. The molecule has 0 radical (unpaired) electrons. The molecular weight excluding hydrogens is 409 g/mol. The number of hydrogen-bond donors (Lipinski definition) is 0. The fourth-order valence-corrected chi connectivity index (χ4v) is 3.97. The van der Waals surface area contributed by atoms with Gasteiger partial charge in [-0.05, 0) is 49.1 Å². The molecule has 8 heteroatoms. The lowest BCUT2D eigenvalue weighted by atomic mass is 10.1. The van der Waals surface area contributed by atoms with E-state index in [2.05, 4.69) is 19.7 Å². The number of carbonyl (C=O) groups excluding carboxylic acids is 1. The Hall–Kier alpha value is -2.44. The standard InChI is InChI=1S/C21H21Cl2N5O/c1-14-25-26-21(28(14)13-15-4-7-17(22)8-5-15)18-3-2-10-27(18)20(29)11-16-6-9-19(23)24-12-16/h4-9,12,18H,2-3,10-11,13H2,1H3/t18-/m1/s1. The predicted octanol–water partition coefficient (Wildman–Crippen LogP) is 4.24. The van der Waals surface area contributed by atoms with Crippen molar-refractivity contribution in [3.05, 3.63) is 75.5 Å². The van der Waals surface area contributed by atoms with Gasteiger partial charge in [0.25, 0.3) is 0 Å². The van der Waals surface area contributed by atoms with Gasteiger partial charge in [-0.25, -0.2) is 4.98 Å². The zero-order valence-corrected chi connectivity index (χ0v) is 17.6. The summed E-state index contributed by atoms with van der Waals surface area (Å²) in [7, 11) is 0. The van der Waals surface area contributed by atoms with Crippen LogP contribution in [0.25, 0.3) is 0 Å². The van der Waals surface area contributed by atoms with E-state index in [4.69, 9.17) is 23.2 Å². The molecule has 3 aromatic rings. The van der Waals surface area contributed by atoms with Crippen LogP contribution in [0.3, 0.4) is 0 Å². The second-order valence-corrected chi connectivity index (χ2v) is 8.05. The van der Waals surface area contributed by atoms with Crippen molar-refractivity contribution in [3.8, 4) is 0 Å². The van der Waals surface area contributed by atoms with Crippen LogP contribution < -0.4 is 0 Å². The van der Waals surface area contributed by atoms with Crippen molar-refractivity contribution >= 4 is 29.1 Å². The molecule has 0 saturated carbocycles. The van der Waals surface area contributed by atoms with Gasteiger partial charge in [0.15, 0.2) is 5.82 Å². The highest BCUT2D eigenvalue weighted by molar-refractivity contribution is 6.30. The first-order valence-electron chi connectivity index (χ1n) is 9.55. The van der Waals surface area contributed by atoms with E-state index in [-0.39, 0.29) is 11.9 Å². The Labute approximate surface area is 179 Å². The lowest BCUT2D eigenvalue weighted by molar-refractivity contribution is -0.131. The first kappa shape index (κ1) is 19.9. The summed E-state index contributed by atoms with van der Waals surface area (Å²) in [6, 6.07) is 11.2. The van der Waals surface area contributed by atoms with Gasteiger partial charge in [-0.1, -0.05) is 41.4 Å². The molecule has 3 heterocycles. The average Bonchev–Trinajstić information content (AvgIpc) is 3.33. The predicted molar refractivity (Wildman–Crippen MR) is 112 cm³/mol. The first-order valence-corrected chi connectivity index (χ1v) is 10.3.